The summed E-state index contributed by atoms with van der Waals surface area (Å²) in [5.41, 5.74) is -1.02. The lowest BCUT2D eigenvalue weighted by atomic mass is 10.1. The molecule has 0 saturated heterocycles. The molecule has 0 aliphatic heterocycles. The van der Waals surface area contributed by atoms with Gasteiger partial charge < -0.3 is 4.74 Å². The fourth-order valence-electron chi connectivity index (χ4n) is 0.592. The van der Waals surface area contributed by atoms with Gasteiger partial charge in [0, 0.05) is 11.8 Å². The first-order chi connectivity index (χ1) is 6.78. The number of halogens is 2. The van der Waals surface area contributed by atoms with Gasteiger partial charge in [0.2, 0.25) is 0 Å². The van der Waals surface area contributed by atoms with Crippen molar-refractivity contribution in [3.05, 3.63) is 0 Å². The molecule has 0 aromatic rings. The Morgan fingerprint density at radius 1 is 1.40 bits per heavy atom. The first-order valence-corrected chi connectivity index (χ1v) is 6.35. The van der Waals surface area contributed by atoms with Crippen molar-refractivity contribution in [3.8, 4) is 0 Å². The number of nitrogens with one attached hydrogen (secondary N) is 2. The maximum atomic E-state index is 11.3. The third-order valence-corrected chi connectivity index (χ3v) is 3.75. The molecule has 0 aliphatic carbocycles. The maximum absolute atomic E-state index is 11.3. The Kier molecular flexibility index (Phi) is 5.65. The Morgan fingerprint density at radius 3 is 2.20 bits per heavy atom. The molecule has 0 saturated carbocycles. The molecule has 2 N–H and O–H groups in total. The Hall–Kier alpha value is -0.240. The Morgan fingerprint density at radius 2 is 1.87 bits per heavy atom. The largest absolute Gasteiger partial charge is 0.452 e. The number of ether oxygens (including phenoxy) is 1. The van der Waals surface area contributed by atoms with Crippen LogP contribution >= 0.6 is 23.2 Å². The van der Waals surface area contributed by atoms with E-state index in [0.29, 0.717) is 0 Å². The van der Waals surface area contributed by atoms with Crippen LogP contribution in [0.25, 0.3) is 0 Å². The number of hydrogen-bond acceptors (Lipinski definition) is 4. The van der Waals surface area contributed by atoms with Crippen molar-refractivity contribution >= 4 is 39.5 Å². The number of methoxy groups -OCH3 is 1. The second-order valence-electron chi connectivity index (χ2n) is 3.03. The molecule has 6 nitrogen and oxygen atoms in total. The molecule has 0 fully saturated rings. The van der Waals surface area contributed by atoms with Gasteiger partial charge in [0.25, 0.3) is 0 Å². The molecule has 0 aromatic carbocycles. The van der Waals surface area contributed by atoms with Crippen LogP contribution in [0, 0.1) is 0 Å². The number of carbonyl (C=O) groups is 1. The summed E-state index contributed by atoms with van der Waals surface area (Å²) in [6, 6.07) is 0. The molecule has 15 heavy (non-hydrogen) atoms. The van der Waals surface area contributed by atoms with Gasteiger partial charge in [-0.05, 0) is 6.92 Å². The average molecular weight is 279 g/mol. The normalized spacial score (nSPS) is 12.3. The molecule has 0 spiro atoms. The summed E-state index contributed by atoms with van der Waals surface area (Å²) in [7, 11) is -2.97. The highest BCUT2D eigenvalue weighted by Crippen LogP contribution is 2.09. The van der Waals surface area contributed by atoms with E-state index in [1.807, 2.05) is 0 Å². The lowest BCUT2D eigenvalue weighted by molar-refractivity contribution is 0.177. The summed E-state index contributed by atoms with van der Waals surface area (Å²) in [6.07, 6.45) is -1.09. The van der Waals surface area contributed by atoms with E-state index in [9.17, 15) is 13.2 Å². The molecule has 1 amide bonds. The molecule has 9 heteroatoms. The summed E-state index contributed by atoms with van der Waals surface area (Å²) >= 11 is 11.1. The van der Waals surface area contributed by atoms with E-state index in [1.54, 1.807) is 4.72 Å². The Bertz CT molecular complexity index is 315. The van der Waals surface area contributed by atoms with Crippen molar-refractivity contribution in [1.82, 2.24) is 9.44 Å². The zero-order valence-corrected chi connectivity index (χ0v) is 10.5. The highest BCUT2D eigenvalue weighted by Gasteiger charge is 2.29. The molecule has 0 atom stereocenters. The lowest BCUT2D eigenvalue weighted by Crippen LogP contribution is -2.54. The fourth-order valence-corrected chi connectivity index (χ4v) is 2.32. The van der Waals surface area contributed by atoms with Crippen molar-refractivity contribution in [2.45, 2.75) is 12.5 Å². The minimum Gasteiger partial charge on any atom is -0.452 e. The van der Waals surface area contributed by atoms with Gasteiger partial charge in [-0.15, -0.1) is 23.2 Å². The van der Waals surface area contributed by atoms with E-state index < -0.39 is 21.8 Å². The molecular weight excluding hydrogens is 267 g/mol. The first-order valence-electron chi connectivity index (χ1n) is 3.80. The minimum atomic E-state index is -4.02. The van der Waals surface area contributed by atoms with Gasteiger partial charge in [-0.25, -0.2) is 9.52 Å². The highest BCUT2D eigenvalue weighted by atomic mass is 35.5. The minimum absolute atomic E-state index is 0.0292. The quantitative estimate of drug-likeness (QED) is 0.714. The summed E-state index contributed by atoms with van der Waals surface area (Å²) in [5, 5.41) is 0. The number of rotatable bonds is 5. The first kappa shape index (κ1) is 14.8. The monoisotopic (exact) mass is 278 g/mol. The number of amides is 1. The third kappa shape index (κ3) is 5.41. The molecule has 0 rings (SSSR count). The third-order valence-electron chi connectivity index (χ3n) is 1.37. The van der Waals surface area contributed by atoms with Crippen molar-refractivity contribution in [2.24, 2.45) is 0 Å². The predicted molar refractivity (Wildman–Crippen MR) is 57.4 cm³/mol. The van der Waals surface area contributed by atoms with E-state index in [4.69, 9.17) is 23.2 Å². The van der Waals surface area contributed by atoms with Crippen LogP contribution in [0.4, 0.5) is 4.79 Å². The molecule has 0 aromatic heterocycles. The molecular formula is C6H12Cl2N2O4S. The van der Waals surface area contributed by atoms with E-state index in [2.05, 4.69) is 9.46 Å². The van der Waals surface area contributed by atoms with Gasteiger partial charge in [-0.3, -0.25) is 0 Å². The van der Waals surface area contributed by atoms with Crippen LogP contribution in [0.1, 0.15) is 6.92 Å². The molecule has 0 radical (unpaired) electrons. The van der Waals surface area contributed by atoms with Crippen molar-refractivity contribution in [2.75, 3.05) is 18.9 Å². The van der Waals surface area contributed by atoms with Crippen molar-refractivity contribution < 1.29 is 17.9 Å². The average Bonchev–Trinajstić information content (AvgIpc) is 2.16. The van der Waals surface area contributed by atoms with Crippen LogP contribution in [0.3, 0.4) is 0 Å². The van der Waals surface area contributed by atoms with Gasteiger partial charge in [-0.2, -0.15) is 13.1 Å². The molecule has 0 unspecified atom stereocenters. The van der Waals surface area contributed by atoms with Crippen LogP contribution < -0.4 is 9.44 Å². The summed E-state index contributed by atoms with van der Waals surface area (Å²) < 4.78 is 30.5. The van der Waals surface area contributed by atoms with E-state index >= 15 is 0 Å². The Balaban J connectivity index is 4.57. The van der Waals surface area contributed by atoms with Gasteiger partial charge in [0.05, 0.1) is 12.6 Å². The van der Waals surface area contributed by atoms with Crippen LogP contribution in [-0.4, -0.2) is 38.9 Å². The Labute approximate surface area is 98.4 Å². The van der Waals surface area contributed by atoms with Crippen molar-refractivity contribution in [1.29, 1.82) is 0 Å². The molecule has 90 valence electrons. The topological polar surface area (TPSA) is 84.5 Å². The van der Waals surface area contributed by atoms with Crippen LogP contribution in [0.2, 0.25) is 0 Å². The lowest BCUT2D eigenvalue weighted by Gasteiger charge is -2.25. The maximum Gasteiger partial charge on any atom is 0.421 e. The second kappa shape index (κ2) is 5.74. The molecule has 0 aliphatic rings. The van der Waals surface area contributed by atoms with E-state index in [-0.39, 0.29) is 11.8 Å². The summed E-state index contributed by atoms with van der Waals surface area (Å²) in [6.45, 7) is 1.50. The number of alkyl halides is 2. The summed E-state index contributed by atoms with van der Waals surface area (Å²) in [5.74, 6) is -0.0584. The zero-order chi connectivity index (χ0) is 12.1. The van der Waals surface area contributed by atoms with Crippen molar-refractivity contribution in [3.63, 3.8) is 0 Å². The number of carbonyl (C=O) groups excluding carboxylic acids is 1. The van der Waals surface area contributed by atoms with E-state index in [0.717, 1.165) is 7.11 Å². The SMILES string of the molecule is COC(=O)NS(=O)(=O)NC(C)(CCl)CCl. The standard InChI is InChI=1S/C6H12Cl2N2O4S/c1-6(3-7,4-8)10-15(12,13)9-5(11)14-2/h10H,3-4H2,1-2H3,(H,9,11). The molecule has 0 bridgehead atoms. The van der Waals surface area contributed by atoms with E-state index in [1.165, 1.54) is 6.92 Å². The fraction of sp³-hybridized carbons (Fsp3) is 0.833. The van der Waals surface area contributed by atoms with Crippen LogP contribution in [-0.2, 0) is 14.9 Å². The molecule has 0 heterocycles. The van der Waals surface area contributed by atoms with Gasteiger partial charge in [-0.1, -0.05) is 0 Å². The predicted octanol–water partition coefficient (Wildman–Crippen LogP) is 0.413. The van der Waals surface area contributed by atoms with Crippen LogP contribution in [0.15, 0.2) is 0 Å². The zero-order valence-electron chi connectivity index (χ0n) is 8.21. The smallest absolute Gasteiger partial charge is 0.421 e. The van der Waals surface area contributed by atoms with Crippen LogP contribution in [0.5, 0.6) is 0 Å². The highest BCUT2D eigenvalue weighted by molar-refractivity contribution is 7.88. The van der Waals surface area contributed by atoms with Gasteiger partial charge >= 0.3 is 16.3 Å². The second-order valence-corrected chi connectivity index (χ2v) is 4.98. The number of hydrogen-bond donors (Lipinski definition) is 2. The van der Waals surface area contributed by atoms with Gasteiger partial charge in [0.1, 0.15) is 0 Å². The summed E-state index contributed by atoms with van der Waals surface area (Å²) in [4.78, 5) is 10.7. The van der Waals surface area contributed by atoms with Gasteiger partial charge in [0.15, 0.2) is 0 Å².